The zero-order valence-corrected chi connectivity index (χ0v) is 14.2. The molecule has 0 unspecified atom stereocenters. The highest BCUT2D eigenvalue weighted by molar-refractivity contribution is 7.92. The van der Waals surface area contributed by atoms with E-state index < -0.39 is 15.1 Å². The molecule has 0 aliphatic heterocycles. The quantitative estimate of drug-likeness (QED) is 0.872. The lowest BCUT2D eigenvalue weighted by Crippen LogP contribution is -2.54. The van der Waals surface area contributed by atoms with Crippen molar-refractivity contribution in [2.24, 2.45) is 0 Å². The van der Waals surface area contributed by atoms with Gasteiger partial charge >= 0.3 is 6.03 Å². The van der Waals surface area contributed by atoms with Gasteiger partial charge < -0.3 is 10.6 Å². The number of rotatable bonds is 5. The molecule has 1 saturated carbocycles. The van der Waals surface area contributed by atoms with Crippen molar-refractivity contribution in [1.82, 2.24) is 5.32 Å². The molecule has 1 aliphatic carbocycles. The second-order valence-corrected chi connectivity index (χ2v) is 8.63. The minimum Gasteiger partial charge on any atom is -0.332 e. The van der Waals surface area contributed by atoms with E-state index in [0.29, 0.717) is 5.69 Å². The van der Waals surface area contributed by atoms with Gasteiger partial charge in [0.15, 0.2) is 9.84 Å². The van der Waals surface area contributed by atoms with E-state index >= 15 is 0 Å². The molecule has 1 aromatic carbocycles. The van der Waals surface area contributed by atoms with Gasteiger partial charge in [-0.05, 0) is 51.7 Å². The van der Waals surface area contributed by atoms with E-state index in [1.807, 2.05) is 0 Å². The lowest BCUT2D eigenvalue weighted by Gasteiger charge is -2.41. The first-order valence-corrected chi connectivity index (χ1v) is 9.27. The highest BCUT2D eigenvalue weighted by Crippen LogP contribution is 2.34. The number of hydrogen-bond donors (Lipinski definition) is 2. The first kappa shape index (κ1) is 16.8. The first-order chi connectivity index (χ1) is 10.3. The molecule has 2 N–H and O–H groups in total. The fourth-order valence-corrected chi connectivity index (χ4v) is 3.84. The van der Waals surface area contributed by atoms with Crippen LogP contribution in [0.25, 0.3) is 0 Å². The zero-order valence-electron chi connectivity index (χ0n) is 13.3. The molecule has 0 spiro atoms. The molecule has 0 radical (unpaired) electrons. The maximum Gasteiger partial charge on any atom is 0.319 e. The van der Waals surface area contributed by atoms with Gasteiger partial charge in [0, 0.05) is 5.54 Å². The van der Waals surface area contributed by atoms with Crippen molar-refractivity contribution < 1.29 is 13.2 Å². The zero-order chi connectivity index (χ0) is 16.4. The maximum absolute atomic E-state index is 12.4. The van der Waals surface area contributed by atoms with Crippen molar-refractivity contribution in [2.45, 2.75) is 62.1 Å². The van der Waals surface area contributed by atoms with Crippen LogP contribution >= 0.6 is 0 Å². The third kappa shape index (κ3) is 3.27. The Morgan fingerprint density at radius 3 is 2.41 bits per heavy atom. The van der Waals surface area contributed by atoms with Crippen LogP contribution < -0.4 is 10.6 Å². The Morgan fingerprint density at radius 1 is 1.27 bits per heavy atom. The molecule has 2 amide bonds. The Kier molecular flexibility index (Phi) is 4.80. The van der Waals surface area contributed by atoms with Crippen LogP contribution in [0.5, 0.6) is 0 Å². The summed E-state index contributed by atoms with van der Waals surface area (Å²) in [6.45, 7) is 5.32. The largest absolute Gasteiger partial charge is 0.332 e. The molecule has 0 aromatic heterocycles. The average Bonchev–Trinajstić information content (AvgIpc) is 2.43. The molecule has 2 rings (SSSR count). The standard InChI is InChI=1S/C16H24N2O3S/c1-4-16(10-7-11-16)18-15(19)17-13-8-5-6-9-14(13)22(20,21)12(2)3/h5-6,8-9,12H,4,7,10-11H2,1-3H3,(H2,17,18,19). The maximum atomic E-state index is 12.4. The summed E-state index contributed by atoms with van der Waals surface area (Å²) in [5, 5.41) is 5.16. The number of carbonyl (C=O) groups is 1. The Bertz CT molecular complexity index is 644. The number of carbonyl (C=O) groups excluding carboxylic acids is 1. The highest BCUT2D eigenvalue weighted by atomic mass is 32.2. The molecule has 0 heterocycles. The van der Waals surface area contributed by atoms with Crippen LogP contribution in [0.1, 0.15) is 46.5 Å². The molecule has 6 heteroatoms. The van der Waals surface area contributed by atoms with Crippen LogP contribution in [0.15, 0.2) is 29.2 Å². The summed E-state index contributed by atoms with van der Waals surface area (Å²) in [7, 11) is -3.44. The summed E-state index contributed by atoms with van der Waals surface area (Å²) in [6.07, 6.45) is 3.95. The minimum atomic E-state index is -3.44. The van der Waals surface area contributed by atoms with Crippen molar-refractivity contribution in [3.8, 4) is 0 Å². The molecule has 122 valence electrons. The fourth-order valence-electron chi connectivity index (χ4n) is 2.64. The van der Waals surface area contributed by atoms with Crippen molar-refractivity contribution in [2.75, 3.05) is 5.32 Å². The third-order valence-electron chi connectivity index (χ3n) is 4.43. The van der Waals surface area contributed by atoms with E-state index in [0.717, 1.165) is 25.7 Å². The van der Waals surface area contributed by atoms with Crippen molar-refractivity contribution in [3.63, 3.8) is 0 Å². The van der Waals surface area contributed by atoms with E-state index in [4.69, 9.17) is 0 Å². The van der Waals surface area contributed by atoms with Gasteiger partial charge in [-0.15, -0.1) is 0 Å². The summed E-state index contributed by atoms with van der Waals surface area (Å²) >= 11 is 0. The van der Waals surface area contributed by atoms with Crippen molar-refractivity contribution in [3.05, 3.63) is 24.3 Å². The van der Waals surface area contributed by atoms with Gasteiger partial charge in [-0.25, -0.2) is 13.2 Å². The number of anilines is 1. The molecule has 0 atom stereocenters. The first-order valence-electron chi connectivity index (χ1n) is 7.73. The molecule has 1 fully saturated rings. The SMILES string of the molecule is CCC1(NC(=O)Nc2ccccc2S(=O)(=O)C(C)C)CCC1. The Hall–Kier alpha value is -1.56. The van der Waals surface area contributed by atoms with Crippen LogP contribution in [0, 0.1) is 0 Å². The van der Waals surface area contributed by atoms with Gasteiger partial charge in [-0.1, -0.05) is 19.1 Å². The third-order valence-corrected chi connectivity index (χ3v) is 6.64. The number of sulfone groups is 1. The normalized spacial score (nSPS) is 16.9. The van der Waals surface area contributed by atoms with Gasteiger partial charge in [-0.2, -0.15) is 0 Å². The average molecular weight is 324 g/mol. The predicted octanol–water partition coefficient (Wildman–Crippen LogP) is 3.32. The molecule has 1 aliphatic rings. The number of benzene rings is 1. The molecule has 22 heavy (non-hydrogen) atoms. The van der Waals surface area contributed by atoms with Gasteiger partial charge in [-0.3, -0.25) is 0 Å². The number of hydrogen-bond acceptors (Lipinski definition) is 3. The van der Waals surface area contributed by atoms with E-state index in [1.54, 1.807) is 32.0 Å². The summed E-state index contributed by atoms with van der Waals surface area (Å²) < 4.78 is 24.7. The molecule has 0 bridgehead atoms. The monoisotopic (exact) mass is 324 g/mol. The Balaban J connectivity index is 2.18. The molecular formula is C16H24N2O3S. The van der Waals surface area contributed by atoms with Crippen LogP contribution in [-0.2, 0) is 9.84 Å². The topological polar surface area (TPSA) is 75.3 Å². The van der Waals surface area contributed by atoms with Crippen molar-refractivity contribution >= 4 is 21.6 Å². The minimum absolute atomic E-state index is 0.129. The Labute approximate surface area is 132 Å². The lowest BCUT2D eigenvalue weighted by atomic mass is 9.75. The molecule has 1 aromatic rings. The summed E-state index contributed by atoms with van der Waals surface area (Å²) in [5.74, 6) is 0. The second kappa shape index (κ2) is 6.28. The Morgan fingerprint density at radius 2 is 1.91 bits per heavy atom. The van der Waals surface area contributed by atoms with Crippen LogP contribution in [0.3, 0.4) is 0 Å². The molecular weight excluding hydrogens is 300 g/mol. The van der Waals surface area contributed by atoms with Crippen LogP contribution in [0.2, 0.25) is 0 Å². The summed E-state index contributed by atoms with van der Waals surface area (Å²) in [5.41, 5.74) is 0.204. The lowest BCUT2D eigenvalue weighted by molar-refractivity contribution is 0.179. The number of urea groups is 1. The van der Waals surface area contributed by atoms with Gasteiger partial charge in [0.2, 0.25) is 0 Å². The highest BCUT2D eigenvalue weighted by Gasteiger charge is 2.36. The van der Waals surface area contributed by atoms with E-state index in [2.05, 4.69) is 17.6 Å². The second-order valence-electron chi connectivity index (χ2n) is 6.16. The van der Waals surface area contributed by atoms with E-state index in [1.165, 1.54) is 6.07 Å². The van der Waals surface area contributed by atoms with Gasteiger partial charge in [0.25, 0.3) is 0 Å². The smallest absolute Gasteiger partial charge is 0.319 e. The van der Waals surface area contributed by atoms with Crippen LogP contribution in [0.4, 0.5) is 10.5 Å². The van der Waals surface area contributed by atoms with Crippen LogP contribution in [-0.4, -0.2) is 25.2 Å². The van der Waals surface area contributed by atoms with E-state index in [-0.39, 0.29) is 16.5 Å². The number of para-hydroxylation sites is 1. The number of amides is 2. The number of nitrogens with one attached hydrogen (secondary N) is 2. The van der Waals surface area contributed by atoms with Gasteiger partial charge in [0.05, 0.1) is 15.8 Å². The fraction of sp³-hybridized carbons (Fsp3) is 0.562. The van der Waals surface area contributed by atoms with Crippen molar-refractivity contribution in [1.29, 1.82) is 0 Å². The molecule has 0 saturated heterocycles. The molecule has 5 nitrogen and oxygen atoms in total. The predicted molar refractivity (Wildman–Crippen MR) is 87.8 cm³/mol. The van der Waals surface area contributed by atoms with Gasteiger partial charge in [0.1, 0.15) is 0 Å². The summed E-state index contributed by atoms with van der Waals surface area (Å²) in [6, 6.07) is 6.19. The van der Waals surface area contributed by atoms with E-state index in [9.17, 15) is 13.2 Å². The summed E-state index contributed by atoms with van der Waals surface area (Å²) in [4.78, 5) is 12.4.